The van der Waals surface area contributed by atoms with Crippen LogP contribution >= 0.6 is 0 Å². The fourth-order valence-electron chi connectivity index (χ4n) is 3.86. The molecule has 0 aliphatic carbocycles. The van der Waals surface area contributed by atoms with Crippen LogP contribution in [0.3, 0.4) is 0 Å². The van der Waals surface area contributed by atoms with Crippen LogP contribution in [-0.2, 0) is 10.2 Å². The second-order valence-electron chi connectivity index (χ2n) is 9.22. The van der Waals surface area contributed by atoms with Gasteiger partial charge >= 0.3 is 0 Å². The van der Waals surface area contributed by atoms with Crippen LogP contribution in [0, 0.1) is 0 Å². The van der Waals surface area contributed by atoms with Gasteiger partial charge in [0.05, 0.1) is 0 Å². The van der Waals surface area contributed by atoms with Crippen LogP contribution in [0.5, 0.6) is 0 Å². The van der Waals surface area contributed by atoms with E-state index in [2.05, 4.69) is 58.0 Å². The maximum absolute atomic E-state index is 11.5. The summed E-state index contributed by atoms with van der Waals surface area (Å²) >= 11 is 0. The van der Waals surface area contributed by atoms with Gasteiger partial charge in [-0.15, -0.1) is 15.3 Å². The van der Waals surface area contributed by atoms with E-state index in [-0.39, 0.29) is 11.3 Å². The standard InChI is InChI=1S/C20H32N8O/c1-20(2,3)19-23-22-16-5-6-17(24-28(16)19)27-13-15(14-27)25(4)11-12-26-9-7-18(29)21-8-10-26/h5-6,15H,7-14H2,1-4H3,(H,21,29). The van der Waals surface area contributed by atoms with E-state index in [4.69, 9.17) is 5.10 Å². The quantitative estimate of drug-likeness (QED) is 0.776. The van der Waals surface area contributed by atoms with E-state index in [1.54, 1.807) is 0 Å². The second kappa shape index (κ2) is 7.87. The van der Waals surface area contributed by atoms with Gasteiger partial charge in [0.15, 0.2) is 11.5 Å². The number of aromatic nitrogens is 4. The Balaban J connectivity index is 1.31. The van der Waals surface area contributed by atoms with Crippen molar-refractivity contribution in [3.63, 3.8) is 0 Å². The molecule has 0 atom stereocenters. The molecule has 29 heavy (non-hydrogen) atoms. The Morgan fingerprint density at radius 1 is 1.21 bits per heavy atom. The van der Waals surface area contributed by atoms with Crippen LogP contribution in [-0.4, -0.2) is 94.4 Å². The van der Waals surface area contributed by atoms with Gasteiger partial charge in [0.1, 0.15) is 5.82 Å². The average molecular weight is 401 g/mol. The molecule has 2 saturated heterocycles. The highest BCUT2D eigenvalue weighted by molar-refractivity contribution is 5.76. The molecule has 0 radical (unpaired) electrons. The highest BCUT2D eigenvalue weighted by atomic mass is 16.1. The molecule has 4 heterocycles. The number of hydrogen-bond acceptors (Lipinski definition) is 7. The monoisotopic (exact) mass is 400 g/mol. The first-order chi connectivity index (χ1) is 13.8. The van der Waals surface area contributed by atoms with Gasteiger partial charge in [-0.1, -0.05) is 20.8 Å². The van der Waals surface area contributed by atoms with Crippen LogP contribution < -0.4 is 10.2 Å². The largest absolute Gasteiger partial charge is 0.355 e. The summed E-state index contributed by atoms with van der Waals surface area (Å²) in [5, 5.41) is 16.3. The highest BCUT2D eigenvalue weighted by Crippen LogP contribution is 2.24. The number of fused-ring (bicyclic) bond motifs is 1. The first-order valence-corrected chi connectivity index (χ1v) is 10.5. The lowest BCUT2D eigenvalue weighted by molar-refractivity contribution is -0.120. The number of amides is 1. The zero-order valence-electron chi connectivity index (χ0n) is 17.9. The SMILES string of the molecule is CN(CCN1CCNC(=O)CC1)C1CN(c2ccc3nnc(C(C)(C)C)n3n2)C1. The summed E-state index contributed by atoms with van der Waals surface area (Å²) < 4.78 is 1.88. The summed E-state index contributed by atoms with van der Waals surface area (Å²) in [5.74, 6) is 2.03. The molecule has 2 aromatic rings. The number of carbonyl (C=O) groups is 1. The zero-order valence-corrected chi connectivity index (χ0v) is 17.9. The Bertz CT molecular complexity index is 867. The molecule has 4 rings (SSSR count). The van der Waals surface area contributed by atoms with Gasteiger partial charge in [-0.3, -0.25) is 14.6 Å². The molecular weight excluding hydrogens is 368 g/mol. The average Bonchev–Trinajstić information content (AvgIpc) is 2.95. The summed E-state index contributed by atoms with van der Waals surface area (Å²) in [6.45, 7) is 12.9. The maximum Gasteiger partial charge on any atom is 0.221 e. The molecular formula is C20H32N8O. The third-order valence-corrected chi connectivity index (χ3v) is 5.90. The molecule has 2 aliphatic rings. The number of anilines is 1. The fourth-order valence-corrected chi connectivity index (χ4v) is 3.86. The molecule has 9 heteroatoms. The molecule has 0 aromatic carbocycles. The topological polar surface area (TPSA) is 81.9 Å². The van der Waals surface area contributed by atoms with Crippen molar-refractivity contribution in [3.8, 4) is 0 Å². The molecule has 2 aromatic heterocycles. The molecule has 2 aliphatic heterocycles. The lowest BCUT2D eigenvalue weighted by Crippen LogP contribution is -2.59. The number of likely N-dealkylation sites (N-methyl/N-ethyl adjacent to an activating group) is 1. The van der Waals surface area contributed by atoms with Gasteiger partial charge in [0, 0.05) is 63.7 Å². The Morgan fingerprint density at radius 3 is 2.76 bits per heavy atom. The van der Waals surface area contributed by atoms with Crippen molar-refractivity contribution in [1.29, 1.82) is 0 Å². The zero-order chi connectivity index (χ0) is 20.6. The normalized spacial score (nSPS) is 19.5. The van der Waals surface area contributed by atoms with Crippen LogP contribution in [0.2, 0.25) is 0 Å². The Hall–Kier alpha value is -2.26. The second-order valence-corrected chi connectivity index (χ2v) is 9.22. The third-order valence-electron chi connectivity index (χ3n) is 5.90. The molecule has 1 amide bonds. The Labute approximate surface area is 172 Å². The summed E-state index contributed by atoms with van der Waals surface area (Å²) in [4.78, 5) is 18.6. The van der Waals surface area contributed by atoms with Crippen LogP contribution in [0.25, 0.3) is 5.65 Å². The van der Waals surface area contributed by atoms with E-state index in [1.807, 2.05) is 16.6 Å². The fraction of sp³-hybridized carbons (Fsp3) is 0.700. The van der Waals surface area contributed by atoms with Gasteiger partial charge in [-0.25, -0.2) is 0 Å². The smallest absolute Gasteiger partial charge is 0.221 e. The first-order valence-electron chi connectivity index (χ1n) is 10.5. The van der Waals surface area contributed by atoms with Gasteiger partial charge in [-0.05, 0) is 19.2 Å². The molecule has 2 fully saturated rings. The summed E-state index contributed by atoms with van der Waals surface area (Å²) in [7, 11) is 2.19. The van der Waals surface area contributed by atoms with E-state index < -0.39 is 0 Å². The molecule has 0 spiro atoms. The predicted molar refractivity (Wildman–Crippen MR) is 112 cm³/mol. The van der Waals surface area contributed by atoms with Gasteiger partial charge in [0.25, 0.3) is 0 Å². The lowest BCUT2D eigenvalue weighted by atomic mass is 9.96. The minimum absolute atomic E-state index is 0.101. The molecule has 0 bridgehead atoms. The number of hydrogen-bond donors (Lipinski definition) is 1. The Morgan fingerprint density at radius 2 is 2.00 bits per heavy atom. The van der Waals surface area contributed by atoms with Crippen molar-refractivity contribution in [3.05, 3.63) is 18.0 Å². The predicted octanol–water partition coefficient (Wildman–Crippen LogP) is 0.364. The van der Waals surface area contributed by atoms with Crippen molar-refractivity contribution in [2.24, 2.45) is 0 Å². The van der Waals surface area contributed by atoms with E-state index in [1.165, 1.54) is 0 Å². The molecule has 158 valence electrons. The van der Waals surface area contributed by atoms with Gasteiger partial charge in [-0.2, -0.15) is 4.52 Å². The van der Waals surface area contributed by atoms with Crippen LogP contribution in [0.15, 0.2) is 12.1 Å². The molecule has 0 unspecified atom stereocenters. The van der Waals surface area contributed by atoms with Crippen molar-refractivity contribution in [2.45, 2.75) is 38.6 Å². The van der Waals surface area contributed by atoms with Crippen molar-refractivity contribution in [2.75, 3.05) is 57.8 Å². The molecule has 0 saturated carbocycles. The summed E-state index contributed by atoms with van der Waals surface area (Å²) in [5.41, 5.74) is 0.689. The third kappa shape index (κ3) is 4.35. The van der Waals surface area contributed by atoms with Gasteiger partial charge < -0.3 is 10.2 Å². The summed E-state index contributed by atoms with van der Waals surface area (Å²) in [6, 6.07) is 4.56. The Kier molecular flexibility index (Phi) is 5.44. The van der Waals surface area contributed by atoms with Gasteiger partial charge in [0.2, 0.25) is 5.91 Å². The van der Waals surface area contributed by atoms with E-state index >= 15 is 0 Å². The maximum atomic E-state index is 11.5. The minimum atomic E-state index is -0.101. The lowest BCUT2D eigenvalue weighted by Gasteiger charge is -2.45. The van der Waals surface area contributed by atoms with Crippen LogP contribution in [0.1, 0.15) is 33.0 Å². The van der Waals surface area contributed by atoms with Crippen molar-refractivity contribution >= 4 is 17.4 Å². The van der Waals surface area contributed by atoms with Crippen molar-refractivity contribution < 1.29 is 4.79 Å². The molecule has 1 N–H and O–H groups in total. The number of nitrogens with zero attached hydrogens (tertiary/aromatic N) is 7. The summed E-state index contributed by atoms with van der Waals surface area (Å²) in [6.07, 6.45) is 0.606. The highest BCUT2D eigenvalue weighted by Gasteiger charge is 2.32. The number of carbonyl (C=O) groups excluding carboxylic acids is 1. The number of nitrogens with one attached hydrogen (secondary N) is 1. The molecule has 9 nitrogen and oxygen atoms in total. The van der Waals surface area contributed by atoms with Crippen LogP contribution in [0.4, 0.5) is 5.82 Å². The van der Waals surface area contributed by atoms with E-state index in [9.17, 15) is 4.79 Å². The first kappa shape index (κ1) is 20.0. The number of rotatable bonds is 5. The van der Waals surface area contributed by atoms with E-state index in [0.29, 0.717) is 12.5 Å². The van der Waals surface area contributed by atoms with E-state index in [0.717, 1.165) is 63.1 Å². The minimum Gasteiger partial charge on any atom is -0.355 e. The van der Waals surface area contributed by atoms with Crippen molar-refractivity contribution in [1.82, 2.24) is 34.9 Å².